The fourth-order valence-electron chi connectivity index (χ4n) is 3.13. The summed E-state index contributed by atoms with van der Waals surface area (Å²) >= 11 is 6.31. The molecular weight excluding hydrogens is 288 g/mol. The van der Waals surface area contributed by atoms with E-state index in [1.807, 2.05) is 0 Å². The lowest BCUT2D eigenvalue weighted by Gasteiger charge is -2.08. The Morgan fingerprint density at radius 2 is 0.773 bits per heavy atom. The molecule has 0 saturated carbocycles. The molecule has 22 heavy (non-hydrogen) atoms. The predicted molar refractivity (Wildman–Crippen MR) is 104 cm³/mol. The van der Waals surface area contributed by atoms with Crippen molar-refractivity contribution in [2.45, 2.75) is 135 Å². The Kier molecular flexibility index (Phi) is 19.6. The first-order valence-corrected chi connectivity index (χ1v) is 10.9. The van der Waals surface area contributed by atoms with Crippen LogP contribution < -0.4 is 0 Å². The lowest BCUT2D eigenvalue weighted by atomic mass is 10.0. The first kappa shape index (κ1) is 22.3. The van der Waals surface area contributed by atoms with Crippen molar-refractivity contribution in [2.24, 2.45) is 0 Å². The number of hydrogen-bond donors (Lipinski definition) is 0. The van der Waals surface area contributed by atoms with Gasteiger partial charge in [0.25, 0.3) is 0 Å². The standard InChI is InChI=1S/C21H43Cl/c1-3-5-7-8-9-10-11-12-13-14-15-16-17-18-20-21(22)19-6-4-2/h21H,3-20H2,1-2H3. The van der Waals surface area contributed by atoms with Crippen molar-refractivity contribution in [1.29, 1.82) is 0 Å². The zero-order chi connectivity index (χ0) is 16.3. The van der Waals surface area contributed by atoms with Crippen LogP contribution in [-0.2, 0) is 0 Å². The molecule has 1 unspecified atom stereocenters. The monoisotopic (exact) mass is 330 g/mol. The van der Waals surface area contributed by atoms with Gasteiger partial charge in [0.05, 0.1) is 0 Å². The third kappa shape index (κ3) is 18.3. The highest BCUT2D eigenvalue weighted by molar-refractivity contribution is 6.20. The van der Waals surface area contributed by atoms with E-state index in [2.05, 4.69) is 13.8 Å². The Morgan fingerprint density at radius 3 is 1.18 bits per heavy atom. The van der Waals surface area contributed by atoms with Crippen LogP contribution in [0.3, 0.4) is 0 Å². The van der Waals surface area contributed by atoms with Gasteiger partial charge in [-0.05, 0) is 12.8 Å². The molecule has 0 bridgehead atoms. The van der Waals surface area contributed by atoms with E-state index in [1.165, 1.54) is 116 Å². The van der Waals surface area contributed by atoms with Crippen LogP contribution in [0.4, 0.5) is 0 Å². The molecule has 0 aliphatic heterocycles. The number of hydrogen-bond acceptors (Lipinski definition) is 0. The summed E-state index contributed by atoms with van der Waals surface area (Å²) in [5.41, 5.74) is 0. The maximum Gasteiger partial charge on any atom is 0.0336 e. The summed E-state index contributed by atoms with van der Waals surface area (Å²) in [5.74, 6) is 0. The van der Waals surface area contributed by atoms with Gasteiger partial charge in [-0.2, -0.15) is 0 Å². The Balaban J connectivity index is 3.02. The van der Waals surface area contributed by atoms with Gasteiger partial charge in [-0.15, -0.1) is 11.6 Å². The van der Waals surface area contributed by atoms with Gasteiger partial charge in [0.1, 0.15) is 0 Å². The second-order valence-corrected chi connectivity index (χ2v) is 7.74. The van der Waals surface area contributed by atoms with Crippen LogP contribution >= 0.6 is 11.6 Å². The summed E-state index contributed by atoms with van der Waals surface area (Å²) in [6, 6.07) is 0. The zero-order valence-electron chi connectivity index (χ0n) is 15.7. The van der Waals surface area contributed by atoms with E-state index in [-0.39, 0.29) is 0 Å². The molecule has 0 nitrogen and oxygen atoms in total. The lowest BCUT2D eigenvalue weighted by Crippen LogP contribution is -1.97. The summed E-state index contributed by atoms with van der Waals surface area (Å²) in [5, 5.41) is 0.442. The van der Waals surface area contributed by atoms with Gasteiger partial charge >= 0.3 is 0 Å². The van der Waals surface area contributed by atoms with Gasteiger partial charge in [-0.1, -0.05) is 117 Å². The molecule has 0 aliphatic carbocycles. The molecule has 0 radical (unpaired) electrons. The molecule has 0 aliphatic rings. The first-order chi connectivity index (χ1) is 10.8. The summed E-state index contributed by atoms with van der Waals surface area (Å²) in [7, 11) is 0. The van der Waals surface area contributed by atoms with Crippen LogP contribution in [0.15, 0.2) is 0 Å². The molecule has 134 valence electrons. The Hall–Kier alpha value is 0.290. The van der Waals surface area contributed by atoms with E-state index >= 15 is 0 Å². The van der Waals surface area contributed by atoms with Gasteiger partial charge in [-0.3, -0.25) is 0 Å². The third-order valence-electron chi connectivity index (χ3n) is 4.74. The molecule has 0 aromatic heterocycles. The van der Waals surface area contributed by atoms with E-state index in [9.17, 15) is 0 Å². The topological polar surface area (TPSA) is 0 Å². The van der Waals surface area contributed by atoms with Gasteiger partial charge in [-0.25, -0.2) is 0 Å². The van der Waals surface area contributed by atoms with Gasteiger partial charge < -0.3 is 0 Å². The minimum absolute atomic E-state index is 0.442. The van der Waals surface area contributed by atoms with Crippen LogP contribution in [0.1, 0.15) is 129 Å². The lowest BCUT2D eigenvalue weighted by molar-refractivity contribution is 0.526. The molecule has 0 saturated heterocycles. The maximum absolute atomic E-state index is 6.31. The number of alkyl halides is 1. The smallest absolute Gasteiger partial charge is 0.0336 e. The van der Waals surface area contributed by atoms with Crippen molar-refractivity contribution in [3.05, 3.63) is 0 Å². The zero-order valence-corrected chi connectivity index (χ0v) is 16.4. The number of halogens is 1. The quantitative estimate of drug-likeness (QED) is 0.174. The summed E-state index contributed by atoms with van der Waals surface area (Å²) in [6.07, 6.45) is 25.2. The predicted octanol–water partition coefficient (Wildman–Crippen LogP) is 8.66. The van der Waals surface area contributed by atoms with Crippen molar-refractivity contribution < 1.29 is 0 Å². The highest BCUT2D eigenvalue weighted by Gasteiger charge is 2.03. The van der Waals surface area contributed by atoms with Crippen molar-refractivity contribution in [3.8, 4) is 0 Å². The summed E-state index contributed by atoms with van der Waals surface area (Å²) in [4.78, 5) is 0. The molecule has 0 fully saturated rings. The SMILES string of the molecule is CCCCCCCCCCCCCCCCC(Cl)CCCC. The highest BCUT2D eigenvalue weighted by Crippen LogP contribution is 2.17. The molecule has 0 amide bonds. The molecule has 0 rings (SSSR count). The van der Waals surface area contributed by atoms with E-state index in [0.29, 0.717) is 5.38 Å². The van der Waals surface area contributed by atoms with Crippen molar-refractivity contribution >= 4 is 11.6 Å². The maximum atomic E-state index is 6.31. The van der Waals surface area contributed by atoms with Crippen LogP contribution in [0.25, 0.3) is 0 Å². The minimum Gasteiger partial charge on any atom is -0.123 e. The molecule has 1 atom stereocenters. The van der Waals surface area contributed by atoms with Crippen LogP contribution in [-0.4, -0.2) is 5.38 Å². The van der Waals surface area contributed by atoms with Crippen LogP contribution in [0.2, 0.25) is 0 Å². The van der Waals surface area contributed by atoms with Gasteiger partial charge in [0.15, 0.2) is 0 Å². The summed E-state index contributed by atoms with van der Waals surface area (Å²) in [6.45, 7) is 4.54. The van der Waals surface area contributed by atoms with E-state index in [1.54, 1.807) is 0 Å². The molecular formula is C21H43Cl. The Bertz CT molecular complexity index is 190. The second kappa shape index (κ2) is 19.3. The average Bonchev–Trinajstić information content (AvgIpc) is 2.53. The van der Waals surface area contributed by atoms with Gasteiger partial charge in [0.2, 0.25) is 0 Å². The Morgan fingerprint density at radius 1 is 0.455 bits per heavy atom. The molecule has 0 heterocycles. The molecule has 0 aromatic rings. The molecule has 0 spiro atoms. The molecule has 1 heteroatoms. The minimum atomic E-state index is 0.442. The fourth-order valence-corrected chi connectivity index (χ4v) is 3.44. The second-order valence-electron chi connectivity index (χ2n) is 7.12. The largest absolute Gasteiger partial charge is 0.123 e. The number of unbranched alkanes of at least 4 members (excludes halogenated alkanes) is 14. The molecule has 0 N–H and O–H groups in total. The van der Waals surface area contributed by atoms with Gasteiger partial charge in [0, 0.05) is 5.38 Å². The summed E-state index contributed by atoms with van der Waals surface area (Å²) < 4.78 is 0. The van der Waals surface area contributed by atoms with Crippen molar-refractivity contribution in [3.63, 3.8) is 0 Å². The number of rotatable bonds is 18. The molecule has 0 aromatic carbocycles. The van der Waals surface area contributed by atoms with Crippen LogP contribution in [0, 0.1) is 0 Å². The highest BCUT2D eigenvalue weighted by atomic mass is 35.5. The first-order valence-electron chi connectivity index (χ1n) is 10.4. The Labute approximate surface area is 146 Å². The normalized spacial score (nSPS) is 12.7. The van der Waals surface area contributed by atoms with E-state index < -0.39 is 0 Å². The van der Waals surface area contributed by atoms with E-state index in [0.717, 1.165) is 0 Å². The van der Waals surface area contributed by atoms with Crippen molar-refractivity contribution in [1.82, 2.24) is 0 Å². The van der Waals surface area contributed by atoms with Crippen LogP contribution in [0.5, 0.6) is 0 Å². The van der Waals surface area contributed by atoms with E-state index in [4.69, 9.17) is 11.6 Å². The fraction of sp³-hybridized carbons (Fsp3) is 1.00. The third-order valence-corrected chi connectivity index (χ3v) is 5.18. The average molecular weight is 331 g/mol. The van der Waals surface area contributed by atoms with Crippen molar-refractivity contribution in [2.75, 3.05) is 0 Å².